The average molecular weight is 497 g/mol. The van der Waals surface area contributed by atoms with Crippen molar-refractivity contribution in [2.75, 3.05) is 19.7 Å². The molecular formula is C27H29ClN2O3S. The van der Waals surface area contributed by atoms with Crippen LogP contribution in [0.3, 0.4) is 0 Å². The van der Waals surface area contributed by atoms with Crippen molar-refractivity contribution in [2.24, 2.45) is 0 Å². The van der Waals surface area contributed by atoms with Gasteiger partial charge in [0.25, 0.3) is 5.91 Å². The molecule has 2 heterocycles. The van der Waals surface area contributed by atoms with Crippen molar-refractivity contribution < 1.29 is 14.3 Å². The van der Waals surface area contributed by atoms with Crippen molar-refractivity contribution in [3.05, 3.63) is 87.1 Å². The van der Waals surface area contributed by atoms with Gasteiger partial charge in [-0.1, -0.05) is 41.9 Å². The number of nitrogens with zero attached hydrogens (tertiary/aromatic N) is 2. The summed E-state index contributed by atoms with van der Waals surface area (Å²) in [5, 5.41) is 2.69. The molecule has 0 aliphatic carbocycles. The maximum Gasteiger partial charge on any atom is 0.261 e. The highest BCUT2D eigenvalue weighted by Gasteiger charge is 2.36. The van der Waals surface area contributed by atoms with E-state index in [4.69, 9.17) is 16.3 Å². The molecule has 0 N–H and O–H groups in total. The number of fused-ring (bicyclic) bond motifs is 1. The normalized spacial score (nSPS) is 15.5. The van der Waals surface area contributed by atoms with Crippen LogP contribution < -0.4 is 4.74 Å². The molecule has 0 unspecified atom stereocenters. The number of halogens is 1. The first kappa shape index (κ1) is 24.3. The molecule has 178 valence electrons. The van der Waals surface area contributed by atoms with Gasteiger partial charge in [0.05, 0.1) is 6.04 Å². The summed E-state index contributed by atoms with van der Waals surface area (Å²) in [5.41, 5.74) is 1.72. The Hall–Kier alpha value is -2.83. The quantitative estimate of drug-likeness (QED) is 0.447. The summed E-state index contributed by atoms with van der Waals surface area (Å²) in [4.78, 5) is 31.7. The monoisotopic (exact) mass is 496 g/mol. The number of thiophene rings is 1. The number of rotatable bonds is 6. The summed E-state index contributed by atoms with van der Waals surface area (Å²) in [5.74, 6) is 0.254. The van der Waals surface area contributed by atoms with Crippen molar-refractivity contribution in [1.82, 2.24) is 9.80 Å². The lowest BCUT2D eigenvalue weighted by atomic mass is 9.93. The van der Waals surface area contributed by atoms with Crippen LogP contribution in [0.2, 0.25) is 5.02 Å². The molecule has 4 rings (SSSR count). The van der Waals surface area contributed by atoms with E-state index in [1.54, 1.807) is 40.5 Å². The minimum atomic E-state index is -0.540. The van der Waals surface area contributed by atoms with E-state index in [-0.39, 0.29) is 31.0 Å². The third-order valence-electron chi connectivity index (χ3n) is 5.98. The maximum absolute atomic E-state index is 13.7. The topological polar surface area (TPSA) is 49.9 Å². The molecular weight excluding hydrogens is 468 g/mol. The number of carbonyl (C=O) groups is 2. The fourth-order valence-corrected chi connectivity index (χ4v) is 5.29. The lowest BCUT2D eigenvalue weighted by Crippen LogP contribution is -2.53. The Morgan fingerprint density at radius 2 is 1.79 bits per heavy atom. The summed E-state index contributed by atoms with van der Waals surface area (Å²) in [6.07, 6.45) is 0.825. The number of ether oxygens (including phenoxy) is 1. The molecule has 7 heteroatoms. The fourth-order valence-electron chi connectivity index (χ4n) is 4.26. The molecule has 0 saturated heterocycles. The van der Waals surface area contributed by atoms with Gasteiger partial charge in [-0.25, -0.2) is 0 Å². The van der Waals surface area contributed by atoms with Gasteiger partial charge in [0, 0.05) is 22.0 Å². The van der Waals surface area contributed by atoms with Crippen LogP contribution in [0.4, 0.5) is 0 Å². The van der Waals surface area contributed by atoms with Gasteiger partial charge < -0.3 is 14.5 Å². The molecule has 0 radical (unpaired) electrons. The Balaban J connectivity index is 1.52. The van der Waals surface area contributed by atoms with Crippen LogP contribution in [0.25, 0.3) is 0 Å². The predicted octanol–water partition coefficient (Wildman–Crippen LogP) is 5.58. The van der Waals surface area contributed by atoms with Gasteiger partial charge in [0.2, 0.25) is 5.91 Å². The van der Waals surface area contributed by atoms with Crippen LogP contribution >= 0.6 is 22.9 Å². The summed E-state index contributed by atoms with van der Waals surface area (Å²) < 4.78 is 5.68. The highest BCUT2D eigenvalue weighted by Crippen LogP contribution is 2.38. The van der Waals surface area contributed by atoms with E-state index >= 15 is 0 Å². The summed E-state index contributed by atoms with van der Waals surface area (Å²) in [7, 11) is 0. The van der Waals surface area contributed by atoms with Gasteiger partial charge in [-0.2, -0.15) is 0 Å². The standard InChI is InChI=1S/C27H29ClN2O3S/c1-27(2,3)30(25(32)18-33-21-11-9-20(28)10-12-21)17-24(31)29-15-13-23-22(14-16-34-23)26(29)19-7-5-4-6-8-19/h4-12,14,16,26H,13,15,17-18H2,1-3H3/t26-/m0/s1. The van der Waals surface area contributed by atoms with Crippen LogP contribution in [0.1, 0.15) is 42.8 Å². The molecule has 0 fully saturated rings. The molecule has 1 aromatic heterocycles. The molecule has 0 saturated carbocycles. The van der Waals surface area contributed by atoms with Gasteiger partial charge in [-0.3, -0.25) is 9.59 Å². The minimum absolute atomic E-state index is 0.00485. The van der Waals surface area contributed by atoms with Crippen molar-refractivity contribution >= 4 is 34.8 Å². The average Bonchev–Trinajstić information content (AvgIpc) is 3.30. The SMILES string of the molecule is CC(C)(C)N(CC(=O)N1CCc2sccc2[C@@H]1c1ccccc1)C(=O)COc1ccc(Cl)cc1. The number of benzene rings is 2. The van der Waals surface area contributed by atoms with Crippen molar-refractivity contribution in [1.29, 1.82) is 0 Å². The molecule has 1 atom stereocenters. The van der Waals surface area contributed by atoms with Crippen LogP contribution in [-0.4, -0.2) is 46.8 Å². The predicted molar refractivity (Wildman–Crippen MR) is 136 cm³/mol. The van der Waals surface area contributed by atoms with E-state index in [1.165, 1.54) is 10.4 Å². The maximum atomic E-state index is 13.7. The van der Waals surface area contributed by atoms with E-state index in [9.17, 15) is 9.59 Å². The second-order valence-corrected chi connectivity index (χ2v) is 10.8. The van der Waals surface area contributed by atoms with Gasteiger partial charge >= 0.3 is 0 Å². The second kappa shape index (κ2) is 10.2. The van der Waals surface area contributed by atoms with Crippen molar-refractivity contribution in [3.8, 4) is 5.75 Å². The first-order chi connectivity index (χ1) is 16.2. The first-order valence-electron chi connectivity index (χ1n) is 11.3. The molecule has 3 aromatic rings. The number of carbonyl (C=O) groups excluding carboxylic acids is 2. The molecule has 1 aliphatic heterocycles. The molecule has 1 aliphatic rings. The number of hydrogen-bond donors (Lipinski definition) is 0. The van der Waals surface area contributed by atoms with Crippen molar-refractivity contribution in [2.45, 2.75) is 38.8 Å². The largest absolute Gasteiger partial charge is 0.484 e. The van der Waals surface area contributed by atoms with E-state index in [0.29, 0.717) is 17.3 Å². The number of hydrogen-bond acceptors (Lipinski definition) is 4. The molecule has 0 bridgehead atoms. The summed E-state index contributed by atoms with van der Waals surface area (Å²) in [6, 6.07) is 18.9. The van der Waals surface area contributed by atoms with Crippen LogP contribution in [-0.2, 0) is 16.0 Å². The van der Waals surface area contributed by atoms with Crippen LogP contribution in [0, 0.1) is 0 Å². The second-order valence-electron chi connectivity index (χ2n) is 9.34. The van der Waals surface area contributed by atoms with Gasteiger partial charge in [0.15, 0.2) is 6.61 Å². The van der Waals surface area contributed by atoms with E-state index in [1.807, 2.05) is 43.9 Å². The third kappa shape index (κ3) is 5.45. The molecule has 2 amide bonds. The first-order valence-corrected chi connectivity index (χ1v) is 12.6. The highest BCUT2D eigenvalue weighted by molar-refractivity contribution is 7.10. The van der Waals surface area contributed by atoms with Gasteiger partial charge in [0.1, 0.15) is 12.3 Å². The van der Waals surface area contributed by atoms with Gasteiger partial charge in [-0.05, 0) is 74.0 Å². The van der Waals surface area contributed by atoms with E-state index in [0.717, 1.165) is 12.0 Å². The zero-order chi connectivity index (χ0) is 24.3. The van der Waals surface area contributed by atoms with Crippen LogP contribution in [0.5, 0.6) is 5.75 Å². The summed E-state index contributed by atoms with van der Waals surface area (Å²) in [6.45, 7) is 6.27. The smallest absolute Gasteiger partial charge is 0.261 e. The Morgan fingerprint density at radius 3 is 2.47 bits per heavy atom. The fraction of sp³-hybridized carbons (Fsp3) is 0.333. The molecule has 34 heavy (non-hydrogen) atoms. The van der Waals surface area contributed by atoms with E-state index < -0.39 is 5.54 Å². The Bertz CT molecular complexity index is 1140. The minimum Gasteiger partial charge on any atom is -0.484 e. The number of amides is 2. The Kier molecular flexibility index (Phi) is 7.29. The molecule has 2 aromatic carbocycles. The van der Waals surface area contributed by atoms with Crippen molar-refractivity contribution in [3.63, 3.8) is 0 Å². The zero-order valence-electron chi connectivity index (χ0n) is 19.7. The Labute approximate surface area is 209 Å². The third-order valence-corrected chi connectivity index (χ3v) is 7.23. The highest BCUT2D eigenvalue weighted by atomic mass is 35.5. The lowest BCUT2D eigenvalue weighted by Gasteiger charge is -2.40. The lowest BCUT2D eigenvalue weighted by molar-refractivity contribution is -0.147. The zero-order valence-corrected chi connectivity index (χ0v) is 21.2. The van der Waals surface area contributed by atoms with E-state index in [2.05, 4.69) is 23.6 Å². The Morgan fingerprint density at radius 1 is 1.09 bits per heavy atom. The molecule has 5 nitrogen and oxygen atoms in total. The summed E-state index contributed by atoms with van der Waals surface area (Å²) >= 11 is 7.66. The van der Waals surface area contributed by atoms with Gasteiger partial charge in [-0.15, -0.1) is 11.3 Å². The van der Waals surface area contributed by atoms with Crippen LogP contribution in [0.15, 0.2) is 66.0 Å². The molecule has 0 spiro atoms.